The van der Waals surface area contributed by atoms with Gasteiger partial charge in [-0.1, -0.05) is 39.0 Å². The largest absolute Gasteiger partial charge is 0.370 e. The van der Waals surface area contributed by atoms with Crippen LogP contribution in [-0.2, 0) is 0 Å². The van der Waals surface area contributed by atoms with Crippen LogP contribution in [0.2, 0.25) is 0 Å². The molecule has 0 spiro atoms. The van der Waals surface area contributed by atoms with Crippen LogP contribution < -0.4 is 28.7 Å². The van der Waals surface area contributed by atoms with Crippen molar-refractivity contribution in [2.24, 2.45) is 28.7 Å². The van der Waals surface area contributed by atoms with Crippen LogP contribution in [0.5, 0.6) is 0 Å². The summed E-state index contributed by atoms with van der Waals surface area (Å²) in [6.07, 6.45) is 8.05. The molecule has 0 aliphatic carbocycles. The Hall–Kier alpha value is -1.50. The lowest BCUT2D eigenvalue weighted by atomic mass is 10.1. The van der Waals surface area contributed by atoms with Crippen molar-refractivity contribution in [2.45, 2.75) is 45.4 Å². The second kappa shape index (κ2) is 20.0. The molecular formula is C10H29N7. The second-order valence-corrected chi connectivity index (χ2v) is 3.47. The number of guanidine groups is 2. The SMILES string of the molecule is CCCCCCCCN.N=C(N)N.N=C(N)N. The zero-order valence-electron chi connectivity index (χ0n) is 10.8. The van der Waals surface area contributed by atoms with Crippen LogP contribution in [0.4, 0.5) is 0 Å². The van der Waals surface area contributed by atoms with Crippen molar-refractivity contribution in [1.29, 1.82) is 10.8 Å². The number of unbranched alkanes of at least 4 members (excludes halogenated alkanes) is 5. The summed E-state index contributed by atoms with van der Waals surface area (Å²) < 4.78 is 0. The molecule has 0 unspecified atom stereocenters. The van der Waals surface area contributed by atoms with Crippen molar-refractivity contribution in [3.63, 3.8) is 0 Å². The lowest BCUT2D eigenvalue weighted by Gasteiger charge is -1.96. The molecule has 0 aromatic carbocycles. The van der Waals surface area contributed by atoms with Gasteiger partial charge in [-0.2, -0.15) is 0 Å². The zero-order chi connectivity index (χ0) is 14.1. The normalized spacial score (nSPS) is 8.12. The van der Waals surface area contributed by atoms with E-state index in [1.165, 1.54) is 38.5 Å². The number of nitrogens with two attached hydrogens (primary N) is 5. The summed E-state index contributed by atoms with van der Waals surface area (Å²) in [7, 11) is 0. The first-order valence-electron chi connectivity index (χ1n) is 5.77. The highest BCUT2D eigenvalue weighted by Crippen LogP contribution is 2.03. The Morgan fingerprint density at radius 2 is 1.06 bits per heavy atom. The Balaban J connectivity index is -0.000000205. The Labute approximate surface area is 104 Å². The van der Waals surface area contributed by atoms with Crippen molar-refractivity contribution < 1.29 is 0 Å². The monoisotopic (exact) mass is 247 g/mol. The van der Waals surface area contributed by atoms with Gasteiger partial charge in [0, 0.05) is 0 Å². The minimum atomic E-state index is -0.333. The van der Waals surface area contributed by atoms with E-state index in [1.54, 1.807) is 0 Å². The molecule has 0 amide bonds. The Morgan fingerprint density at radius 3 is 1.35 bits per heavy atom. The molecule has 0 aromatic rings. The average Bonchev–Trinajstić information content (AvgIpc) is 2.16. The Morgan fingerprint density at radius 1 is 0.765 bits per heavy atom. The number of hydrogen-bond acceptors (Lipinski definition) is 3. The van der Waals surface area contributed by atoms with E-state index in [2.05, 4.69) is 29.9 Å². The van der Waals surface area contributed by atoms with Gasteiger partial charge in [0.15, 0.2) is 11.9 Å². The third-order valence-corrected chi connectivity index (χ3v) is 1.56. The predicted molar refractivity (Wildman–Crippen MR) is 74.6 cm³/mol. The molecule has 7 heteroatoms. The Bertz CT molecular complexity index is 144. The van der Waals surface area contributed by atoms with E-state index in [0.717, 1.165) is 6.54 Å². The van der Waals surface area contributed by atoms with Crippen LogP contribution in [0.15, 0.2) is 0 Å². The minimum Gasteiger partial charge on any atom is -0.370 e. The molecule has 0 heterocycles. The van der Waals surface area contributed by atoms with Crippen molar-refractivity contribution in [3.8, 4) is 0 Å². The molecule has 0 atom stereocenters. The van der Waals surface area contributed by atoms with Crippen molar-refractivity contribution in [3.05, 3.63) is 0 Å². The highest BCUT2D eigenvalue weighted by Gasteiger charge is 1.85. The van der Waals surface area contributed by atoms with E-state index in [-0.39, 0.29) is 11.9 Å². The Kier molecular flexibility index (Phi) is 24.5. The highest BCUT2D eigenvalue weighted by molar-refractivity contribution is 5.72. The summed E-state index contributed by atoms with van der Waals surface area (Å²) in [6, 6.07) is 0. The summed E-state index contributed by atoms with van der Waals surface area (Å²) >= 11 is 0. The van der Waals surface area contributed by atoms with Gasteiger partial charge in [0.05, 0.1) is 0 Å². The van der Waals surface area contributed by atoms with E-state index in [9.17, 15) is 0 Å². The van der Waals surface area contributed by atoms with Crippen LogP contribution in [0.3, 0.4) is 0 Å². The predicted octanol–water partition coefficient (Wildman–Crippen LogP) is -0.0173. The molecule has 0 saturated heterocycles. The van der Waals surface area contributed by atoms with Crippen LogP contribution in [-0.4, -0.2) is 18.5 Å². The van der Waals surface area contributed by atoms with Gasteiger partial charge in [-0.25, -0.2) is 0 Å². The van der Waals surface area contributed by atoms with Gasteiger partial charge in [-0.05, 0) is 13.0 Å². The van der Waals surface area contributed by atoms with Gasteiger partial charge in [0.1, 0.15) is 0 Å². The van der Waals surface area contributed by atoms with Crippen LogP contribution in [0.1, 0.15) is 45.4 Å². The smallest absolute Gasteiger partial charge is 0.183 e. The quantitative estimate of drug-likeness (QED) is 0.198. The maximum atomic E-state index is 6.06. The first kappa shape index (κ1) is 20.9. The lowest BCUT2D eigenvalue weighted by molar-refractivity contribution is 0.612. The van der Waals surface area contributed by atoms with E-state index < -0.39 is 0 Å². The molecular weight excluding hydrogens is 218 g/mol. The van der Waals surface area contributed by atoms with Crippen molar-refractivity contribution in [1.82, 2.24) is 0 Å². The standard InChI is InChI=1S/C8H19N.2CH5N3/c1-2-3-4-5-6-7-8-9;2*2-1(3)4/h2-9H2,1H3;2*(H5,2,3,4). The fourth-order valence-electron chi connectivity index (χ4n) is 0.925. The summed E-state index contributed by atoms with van der Waals surface area (Å²) in [5, 5.41) is 12.1. The van der Waals surface area contributed by atoms with Gasteiger partial charge in [-0.3, -0.25) is 10.8 Å². The van der Waals surface area contributed by atoms with Gasteiger partial charge in [-0.15, -0.1) is 0 Å². The zero-order valence-corrected chi connectivity index (χ0v) is 10.8. The molecule has 0 aliphatic rings. The third-order valence-electron chi connectivity index (χ3n) is 1.56. The van der Waals surface area contributed by atoms with E-state index in [1.807, 2.05) is 0 Å². The number of nitrogens with one attached hydrogen (secondary N) is 2. The van der Waals surface area contributed by atoms with Crippen LogP contribution in [0.25, 0.3) is 0 Å². The van der Waals surface area contributed by atoms with E-state index in [4.69, 9.17) is 16.6 Å². The molecule has 0 saturated carbocycles. The van der Waals surface area contributed by atoms with Crippen LogP contribution in [0, 0.1) is 10.8 Å². The molecule has 7 nitrogen and oxygen atoms in total. The highest BCUT2D eigenvalue weighted by atomic mass is 14.9. The first-order valence-corrected chi connectivity index (χ1v) is 5.77. The first-order chi connectivity index (χ1) is 7.88. The maximum Gasteiger partial charge on any atom is 0.183 e. The van der Waals surface area contributed by atoms with Gasteiger partial charge < -0.3 is 28.7 Å². The topological polar surface area (TPSA) is 178 Å². The van der Waals surface area contributed by atoms with Gasteiger partial charge >= 0.3 is 0 Å². The molecule has 0 rings (SSSR count). The van der Waals surface area contributed by atoms with E-state index in [0.29, 0.717) is 0 Å². The molecule has 0 radical (unpaired) electrons. The summed E-state index contributed by atoms with van der Waals surface area (Å²) in [5.74, 6) is -0.667. The van der Waals surface area contributed by atoms with Gasteiger partial charge in [0.2, 0.25) is 0 Å². The average molecular weight is 247 g/mol. The second-order valence-electron chi connectivity index (χ2n) is 3.47. The molecule has 0 fully saturated rings. The molecule has 0 bridgehead atoms. The van der Waals surface area contributed by atoms with Gasteiger partial charge in [0.25, 0.3) is 0 Å². The van der Waals surface area contributed by atoms with E-state index >= 15 is 0 Å². The number of hydrogen-bond donors (Lipinski definition) is 7. The molecule has 0 aliphatic heterocycles. The fourth-order valence-corrected chi connectivity index (χ4v) is 0.925. The van der Waals surface area contributed by atoms with Crippen LogP contribution >= 0.6 is 0 Å². The molecule has 17 heavy (non-hydrogen) atoms. The molecule has 12 N–H and O–H groups in total. The molecule has 104 valence electrons. The maximum absolute atomic E-state index is 6.06. The summed E-state index contributed by atoms with van der Waals surface area (Å²) in [4.78, 5) is 0. The fraction of sp³-hybridized carbons (Fsp3) is 0.800. The summed E-state index contributed by atoms with van der Waals surface area (Å²) in [6.45, 7) is 3.11. The summed E-state index contributed by atoms with van der Waals surface area (Å²) in [5.41, 5.74) is 23.2. The lowest BCUT2D eigenvalue weighted by Crippen LogP contribution is -2.20. The molecule has 0 aromatic heterocycles. The van der Waals surface area contributed by atoms with Crippen molar-refractivity contribution >= 4 is 11.9 Å². The minimum absolute atomic E-state index is 0.333. The van der Waals surface area contributed by atoms with Crippen molar-refractivity contribution in [2.75, 3.05) is 6.54 Å². The third kappa shape index (κ3) is 112. The number of rotatable bonds is 6.